The Labute approximate surface area is 209 Å². The molecule has 3 rings (SSSR count). The van der Waals surface area contributed by atoms with Crippen LogP contribution in [0.4, 0.5) is 22.7 Å². The zero-order valence-electron chi connectivity index (χ0n) is 22.0. The van der Waals surface area contributed by atoms with Crippen LogP contribution < -0.4 is 15.1 Å². The van der Waals surface area contributed by atoms with Crippen LogP contribution in [0.3, 0.4) is 0 Å². The Kier molecular flexibility index (Phi) is 8.39. The van der Waals surface area contributed by atoms with Crippen LogP contribution >= 0.6 is 0 Å². The molecule has 0 saturated carbocycles. The number of anilines is 3. The first kappa shape index (κ1) is 26.1. The third-order valence-corrected chi connectivity index (χ3v) is 6.31. The van der Waals surface area contributed by atoms with Gasteiger partial charge in [0.25, 0.3) is 0 Å². The Hall–Kier alpha value is -3.54. The van der Waals surface area contributed by atoms with Crippen molar-refractivity contribution in [2.24, 2.45) is 4.99 Å². The Morgan fingerprint density at radius 2 is 1.34 bits per heavy atom. The van der Waals surface area contributed by atoms with Gasteiger partial charge in [-0.25, -0.2) is 4.99 Å². The fraction of sp³-hybridized carbons (Fsp3) is 0.379. The van der Waals surface area contributed by atoms with Crippen LogP contribution in [-0.2, 0) is 4.79 Å². The van der Waals surface area contributed by atoms with Crippen LogP contribution in [0.15, 0.2) is 76.6 Å². The highest BCUT2D eigenvalue weighted by molar-refractivity contribution is 6.25. The minimum Gasteiger partial charge on any atom is -0.506 e. The molecule has 6 heteroatoms. The third kappa shape index (κ3) is 5.94. The van der Waals surface area contributed by atoms with E-state index in [0.29, 0.717) is 34.8 Å². The zero-order chi connectivity index (χ0) is 25.7. The summed E-state index contributed by atoms with van der Waals surface area (Å²) in [5.74, 6) is -0.392. The maximum atomic E-state index is 12.7. The molecule has 0 heterocycles. The van der Waals surface area contributed by atoms with Gasteiger partial charge >= 0.3 is 0 Å². The zero-order valence-corrected chi connectivity index (χ0v) is 22.0. The lowest BCUT2D eigenvalue weighted by Crippen LogP contribution is -2.30. The van der Waals surface area contributed by atoms with E-state index in [1.165, 1.54) is 6.08 Å². The van der Waals surface area contributed by atoms with Gasteiger partial charge in [-0.15, -0.1) is 0 Å². The number of aliphatic imine (C=N–C) groups is 1. The average molecular weight is 475 g/mol. The molecule has 0 aliphatic heterocycles. The summed E-state index contributed by atoms with van der Waals surface area (Å²) in [4.78, 5) is 22.0. The number of nitrogens with one attached hydrogen (secondary N) is 1. The van der Waals surface area contributed by atoms with Gasteiger partial charge in [0.1, 0.15) is 11.5 Å². The number of ketones is 1. The Bertz CT molecular complexity index is 1130. The number of hydrogen-bond donors (Lipinski definition) is 2. The normalized spacial score (nSPS) is 15.2. The summed E-state index contributed by atoms with van der Waals surface area (Å²) in [5.41, 5.74) is 5.21. The smallest absolute Gasteiger partial charge is 0.206 e. The van der Waals surface area contributed by atoms with E-state index in [1.54, 1.807) is 6.92 Å². The molecule has 0 aromatic heterocycles. The van der Waals surface area contributed by atoms with Gasteiger partial charge in [0.05, 0.1) is 11.4 Å². The van der Waals surface area contributed by atoms with E-state index in [0.717, 1.165) is 30.2 Å². The number of nitrogens with zero attached hydrogens (tertiary/aromatic N) is 3. The van der Waals surface area contributed by atoms with E-state index in [-0.39, 0.29) is 11.5 Å². The lowest BCUT2D eigenvalue weighted by atomic mass is 9.98. The highest BCUT2D eigenvalue weighted by Gasteiger charge is 2.24. The molecule has 1 aliphatic rings. The molecule has 2 aromatic rings. The van der Waals surface area contributed by atoms with Crippen molar-refractivity contribution in [3.63, 3.8) is 0 Å². The highest BCUT2D eigenvalue weighted by Crippen LogP contribution is 2.27. The summed E-state index contributed by atoms with van der Waals surface area (Å²) in [5, 5.41) is 13.8. The number of carbonyl (C=O) groups excluding carboxylic acids is 1. The first-order valence-corrected chi connectivity index (χ1v) is 12.4. The number of benzene rings is 2. The standard InChI is InChI=1S/C29H38N4O2/c1-8-32(19(3)4)24-14-10-22(11-15-24)30-28-21(7)29(27(35)18-26(28)34)31-23-12-16-25(17-13-23)33(9-2)20(5)6/h10-20,30,35H,8-9H2,1-7H3/b31-29-. The van der Waals surface area contributed by atoms with Crippen LogP contribution in [-0.4, -0.2) is 41.8 Å². The second-order valence-electron chi connectivity index (χ2n) is 9.30. The van der Waals surface area contributed by atoms with E-state index >= 15 is 0 Å². The van der Waals surface area contributed by atoms with Crippen molar-refractivity contribution in [3.05, 3.63) is 71.6 Å². The van der Waals surface area contributed by atoms with Crippen LogP contribution in [0.25, 0.3) is 0 Å². The van der Waals surface area contributed by atoms with Gasteiger partial charge in [-0.05, 0) is 97.0 Å². The lowest BCUT2D eigenvalue weighted by molar-refractivity contribution is -0.111. The summed E-state index contributed by atoms with van der Waals surface area (Å²) in [6, 6.07) is 16.8. The molecule has 2 N–H and O–H groups in total. The molecule has 0 bridgehead atoms. The quantitative estimate of drug-likeness (QED) is 0.399. The van der Waals surface area contributed by atoms with Gasteiger partial charge in [0, 0.05) is 53.9 Å². The highest BCUT2D eigenvalue weighted by atomic mass is 16.3. The Morgan fingerprint density at radius 1 is 0.857 bits per heavy atom. The third-order valence-electron chi connectivity index (χ3n) is 6.31. The number of carbonyl (C=O) groups is 1. The van der Waals surface area contributed by atoms with Crippen LogP contribution in [0.5, 0.6) is 0 Å². The van der Waals surface area contributed by atoms with E-state index in [1.807, 2.05) is 36.4 Å². The molecule has 35 heavy (non-hydrogen) atoms. The van der Waals surface area contributed by atoms with Crippen molar-refractivity contribution < 1.29 is 9.90 Å². The fourth-order valence-electron chi connectivity index (χ4n) is 4.48. The molecule has 2 aromatic carbocycles. The van der Waals surface area contributed by atoms with Crippen LogP contribution in [0.2, 0.25) is 0 Å². The first-order chi connectivity index (χ1) is 16.7. The van der Waals surface area contributed by atoms with Crippen molar-refractivity contribution in [1.82, 2.24) is 0 Å². The molecule has 0 saturated heterocycles. The predicted octanol–water partition coefficient (Wildman–Crippen LogP) is 6.64. The van der Waals surface area contributed by atoms with Gasteiger partial charge < -0.3 is 20.2 Å². The Morgan fingerprint density at radius 3 is 1.80 bits per heavy atom. The van der Waals surface area contributed by atoms with Crippen LogP contribution in [0.1, 0.15) is 48.5 Å². The minimum absolute atomic E-state index is 0.120. The molecule has 186 valence electrons. The molecule has 6 nitrogen and oxygen atoms in total. The maximum Gasteiger partial charge on any atom is 0.206 e. The minimum atomic E-state index is -0.272. The van der Waals surface area contributed by atoms with Crippen molar-refractivity contribution in [2.75, 3.05) is 28.2 Å². The summed E-state index contributed by atoms with van der Waals surface area (Å²) < 4.78 is 0. The van der Waals surface area contributed by atoms with Crippen LogP contribution in [0, 0.1) is 0 Å². The van der Waals surface area contributed by atoms with Gasteiger partial charge in [0.2, 0.25) is 5.78 Å². The largest absolute Gasteiger partial charge is 0.506 e. The monoisotopic (exact) mass is 474 g/mol. The second kappa shape index (κ2) is 11.3. The van der Waals surface area contributed by atoms with E-state index in [9.17, 15) is 9.90 Å². The SMILES string of the molecule is CCN(c1ccc(/N=C2\C(O)=CC(=O)C(Nc3ccc(N(CC)C(C)C)cc3)=C2C)cc1)C(C)C. The van der Waals surface area contributed by atoms with Crippen molar-refractivity contribution in [1.29, 1.82) is 0 Å². The lowest BCUT2D eigenvalue weighted by Gasteiger charge is -2.27. The van der Waals surface area contributed by atoms with E-state index < -0.39 is 0 Å². The number of hydrogen-bond acceptors (Lipinski definition) is 6. The molecule has 0 amide bonds. The first-order valence-electron chi connectivity index (χ1n) is 12.4. The summed E-state index contributed by atoms with van der Waals surface area (Å²) in [7, 11) is 0. The molecule has 0 fully saturated rings. The molecule has 0 atom stereocenters. The molecular formula is C29H38N4O2. The average Bonchev–Trinajstić information content (AvgIpc) is 2.82. The van der Waals surface area contributed by atoms with Crippen molar-refractivity contribution >= 4 is 34.2 Å². The van der Waals surface area contributed by atoms with Gasteiger partial charge in [-0.3, -0.25) is 4.79 Å². The fourth-order valence-corrected chi connectivity index (χ4v) is 4.48. The molecule has 0 radical (unpaired) electrons. The number of aliphatic hydroxyl groups is 1. The summed E-state index contributed by atoms with van der Waals surface area (Å²) in [6.45, 7) is 16.6. The van der Waals surface area contributed by atoms with Crippen molar-refractivity contribution in [2.45, 2.75) is 60.5 Å². The summed E-state index contributed by atoms with van der Waals surface area (Å²) >= 11 is 0. The predicted molar refractivity (Wildman–Crippen MR) is 148 cm³/mol. The number of rotatable bonds is 9. The Balaban J connectivity index is 1.87. The maximum absolute atomic E-state index is 12.7. The van der Waals surface area contributed by atoms with E-state index in [4.69, 9.17) is 0 Å². The molecule has 1 aliphatic carbocycles. The second-order valence-corrected chi connectivity index (χ2v) is 9.30. The topological polar surface area (TPSA) is 68.2 Å². The van der Waals surface area contributed by atoms with Gasteiger partial charge in [-0.2, -0.15) is 0 Å². The number of aliphatic hydroxyl groups excluding tert-OH is 1. The van der Waals surface area contributed by atoms with E-state index in [2.05, 4.69) is 73.8 Å². The molecule has 0 unspecified atom stereocenters. The van der Waals surface area contributed by atoms with Crippen molar-refractivity contribution in [3.8, 4) is 0 Å². The van der Waals surface area contributed by atoms with Gasteiger partial charge in [-0.1, -0.05) is 0 Å². The molecular weight excluding hydrogens is 436 g/mol. The number of allylic oxidation sites excluding steroid dienone is 2. The molecule has 0 spiro atoms. The summed E-state index contributed by atoms with van der Waals surface area (Å²) in [6.07, 6.45) is 1.23. The van der Waals surface area contributed by atoms with Gasteiger partial charge in [0.15, 0.2) is 0 Å².